The monoisotopic (exact) mass is 1100 g/mol. The average molecular weight is 1100 g/mol. The third-order valence-electron chi connectivity index (χ3n) is 10.2. The number of hydrogen-bond donors (Lipinski definition) is 1. The van der Waals surface area contributed by atoms with Crippen molar-refractivity contribution < 1.29 is 8.78 Å². The Bertz CT molecular complexity index is 2090. The van der Waals surface area contributed by atoms with Gasteiger partial charge in [0.2, 0.25) is 0 Å². The van der Waals surface area contributed by atoms with E-state index in [0.29, 0.717) is 7.18 Å². The van der Waals surface area contributed by atoms with Gasteiger partial charge in [-0.2, -0.15) is 0 Å². The molecule has 0 saturated carbocycles. The summed E-state index contributed by atoms with van der Waals surface area (Å²) in [6, 6.07) is 41.1. The van der Waals surface area contributed by atoms with Gasteiger partial charge in [0, 0.05) is 35.9 Å². The number of rotatable bonds is 13. The lowest BCUT2D eigenvalue weighted by molar-refractivity contribution is 0.527. The summed E-state index contributed by atoms with van der Waals surface area (Å²) < 4.78 is 19.8. The first-order valence-corrected chi connectivity index (χ1v) is 30.3. The molecule has 0 saturated heterocycles. The second kappa shape index (κ2) is 62.7. The molecule has 5 rings (SSSR count). The quantitative estimate of drug-likeness (QED) is 0.0547. The van der Waals surface area contributed by atoms with Crippen LogP contribution in [0, 0.1) is 47.5 Å². The van der Waals surface area contributed by atoms with Gasteiger partial charge in [0.25, 0.3) is 0 Å². The van der Waals surface area contributed by atoms with E-state index in [2.05, 4.69) is 251 Å². The largest absolute Gasteiger partial charge is 0.385 e. The van der Waals surface area contributed by atoms with Crippen LogP contribution in [0.4, 0.5) is 20.2 Å². The highest BCUT2D eigenvalue weighted by atomic mass is 32.2. The number of anilines is 2. The topological polar surface area (TPSA) is 15.3 Å². The van der Waals surface area contributed by atoms with E-state index < -0.39 is 0 Å². The van der Waals surface area contributed by atoms with Crippen LogP contribution in [0.1, 0.15) is 195 Å². The predicted octanol–water partition coefficient (Wildman–Crippen LogP) is 24.7. The predicted molar refractivity (Wildman–Crippen MR) is 366 cm³/mol. The molecule has 5 aromatic rings. The fraction of sp³-hybridized carbons (Fsp3) is 0.479. The second-order valence-corrected chi connectivity index (χ2v) is 19.0. The summed E-state index contributed by atoms with van der Waals surface area (Å²) in [5, 5.41) is 3.30. The molecular weight excluding hydrogens is 975 g/mol. The molecule has 0 aliphatic carbocycles. The maximum Gasteiger partial charge on any atom is 0.0866 e. The van der Waals surface area contributed by atoms with Crippen LogP contribution in [0.5, 0.6) is 0 Å². The molecule has 0 spiro atoms. The first-order valence-electron chi connectivity index (χ1n) is 29.1. The summed E-state index contributed by atoms with van der Waals surface area (Å²) >= 11 is 1.77. The van der Waals surface area contributed by atoms with Crippen molar-refractivity contribution in [3.05, 3.63) is 197 Å². The van der Waals surface area contributed by atoms with Crippen LogP contribution in [-0.4, -0.2) is 39.7 Å². The molecule has 0 aliphatic rings. The molecule has 5 heteroatoms. The van der Waals surface area contributed by atoms with E-state index in [0.717, 1.165) is 25.6 Å². The van der Waals surface area contributed by atoms with E-state index in [1.807, 2.05) is 65.8 Å². The van der Waals surface area contributed by atoms with Gasteiger partial charge in [-0.15, -0.1) is 31.5 Å². The molecule has 0 bridgehead atoms. The molecular formula is C73H122F2N2S. The number of allylic oxidation sites excluding steroid dienone is 4. The van der Waals surface area contributed by atoms with Gasteiger partial charge in [-0.25, -0.2) is 0 Å². The van der Waals surface area contributed by atoms with Crippen LogP contribution >= 0.6 is 11.8 Å². The molecule has 0 radical (unpaired) electrons. The zero-order valence-electron chi connectivity index (χ0n) is 55.5. The maximum absolute atomic E-state index is 10.3. The number of thioether (sulfide) groups is 1. The highest BCUT2D eigenvalue weighted by molar-refractivity contribution is 7.98. The van der Waals surface area contributed by atoms with Gasteiger partial charge >= 0.3 is 0 Å². The lowest BCUT2D eigenvalue weighted by atomic mass is 9.87. The van der Waals surface area contributed by atoms with E-state index in [1.165, 1.54) is 116 Å². The number of unbranched alkanes of at least 4 members (excludes halogenated alkanes) is 2. The number of halogens is 2. The summed E-state index contributed by atoms with van der Waals surface area (Å²) in [6.45, 7) is 62.9. The van der Waals surface area contributed by atoms with Crippen LogP contribution in [0.25, 0.3) is 11.1 Å². The fourth-order valence-electron chi connectivity index (χ4n) is 6.65. The standard InChI is InChI=1S/C23H28.C13H19N.C10H15N.C7H8S.C5H12.C4H10.C2H5F.3C2H6.C2H4.CH3F/c1-15(2)19(6)23(22-13-17(4)12-18(5)14-22)20(7)21-10-8-16(3)9-11-21;1-4-10-14(11-5-2)13-8-6-12(3)7-9-13;1-4-11-10-6-5-8(2)7-9(10)3;1-8-7-5-3-2-4-6-7;1-3-5-4-2;1-4(2)3;1-2-3;5*1-2/h8-14H,1-7H3;4,6-9H,1,5,10-11H2,2-3H3;5-7,11H,4H2,1-3H3;2-6H,1H3;3-5H2,1-2H3;4H,1-3H3;2H2,1H3;3*1-2H3;1-2H2;1H3/b23-20-;;;;;;;;;;;. The molecule has 0 aromatic heterocycles. The second-order valence-electron chi connectivity index (χ2n) is 18.2. The van der Waals surface area contributed by atoms with Crippen molar-refractivity contribution in [2.24, 2.45) is 5.92 Å². The average Bonchev–Trinajstić information content (AvgIpc) is 3.43. The van der Waals surface area contributed by atoms with Crippen molar-refractivity contribution in [1.82, 2.24) is 0 Å². The SMILES string of the molecule is C=C.C=CCN(CCC)c1ccc(C)cc1.CC.CC.CC.CC(C)=C(C)/C(=C(\C)c1ccc(C)cc1)c1cc(C)cc(C)c1.CC(C)C.CCCCC.CCF.CCNc1ccc(C)cc1C.CF.CSc1ccccc1. The van der Waals surface area contributed by atoms with Crippen molar-refractivity contribution in [3.63, 3.8) is 0 Å². The van der Waals surface area contributed by atoms with Gasteiger partial charge in [0.05, 0.1) is 13.9 Å². The number of alkyl halides is 2. The zero-order chi connectivity index (χ0) is 62.0. The Kier molecular flexibility index (Phi) is 69.7. The minimum atomic E-state index is -0.250. The molecule has 2 nitrogen and oxygen atoms in total. The minimum absolute atomic E-state index is 0.250. The van der Waals surface area contributed by atoms with E-state index in [4.69, 9.17) is 0 Å². The first kappa shape index (κ1) is 86.7. The minimum Gasteiger partial charge on any atom is -0.385 e. The Morgan fingerprint density at radius 3 is 1.35 bits per heavy atom. The molecule has 0 unspecified atom stereocenters. The lowest BCUT2D eigenvalue weighted by Crippen LogP contribution is -2.23. The smallest absolute Gasteiger partial charge is 0.0866 e. The van der Waals surface area contributed by atoms with Crippen LogP contribution < -0.4 is 10.2 Å². The van der Waals surface area contributed by atoms with E-state index >= 15 is 0 Å². The summed E-state index contributed by atoms with van der Waals surface area (Å²) in [4.78, 5) is 3.67. The van der Waals surface area contributed by atoms with Gasteiger partial charge in [-0.3, -0.25) is 8.78 Å². The zero-order valence-corrected chi connectivity index (χ0v) is 56.3. The van der Waals surface area contributed by atoms with E-state index in [9.17, 15) is 8.78 Å². The van der Waals surface area contributed by atoms with Crippen molar-refractivity contribution in [2.75, 3.05) is 50.0 Å². The normalized spacial score (nSPS) is 9.19. The summed E-state index contributed by atoms with van der Waals surface area (Å²) in [6.07, 6.45) is 9.28. The summed E-state index contributed by atoms with van der Waals surface area (Å²) in [5.74, 6) is 0.833. The van der Waals surface area contributed by atoms with Gasteiger partial charge in [0.15, 0.2) is 0 Å². The Morgan fingerprint density at radius 1 is 0.590 bits per heavy atom. The molecule has 0 amide bonds. The molecule has 1 N–H and O–H groups in total. The molecule has 0 aliphatic heterocycles. The molecule has 0 atom stereocenters. The van der Waals surface area contributed by atoms with E-state index in [1.54, 1.807) is 11.8 Å². The summed E-state index contributed by atoms with van der Waals surface area (Å²) in [5.41, 5.74) is 18.5. The number of hydrogen-bond acceptors (Lipinski definition) is 3. The first-order chi connectivity index (χ1) is 37.3. The van der Waals surface area contributed by atoms with E-state index in [-0.39, 0.29) is 6.67 Å². The van der Waals surface area contributed by atoms with Gasteiger partial charge in [-0.05, 0) is 165 Å². The lowest BCUT2D eigenvalue weighted by Gasteiger charge is -2.22. The van der Waals surface area contributed by atoms with Crippen LogP contribution in [-0.2, 0) is 0 Å². The number of nitrogens with zero attached hydrogens (tertiary/aromatic N) is 1. The fourth-order valence-corrected chi connectivity index (χ4v) is 7.08. The number of nitrogens with one attached hydrogen (secondary N) is 1. The van der Waals surface area contributed by atoms with Gasteiger partial charge in [-0.1, -0.05) is 227 Å². The molecule has 0 heterocycles. The van der Waals surface area contributed by atoms with Gasteiger partial charge < -0.3 is 10.2 Å². The molecule has 5 aromatic carbocycles. The van der Waals surface area contributed by atoms with Crippen LogP contribution in [0.3, 0.4) is 0 Å². The van der Waals surface area contributed by atoms with Crippen molar-refractivity contribution in [1.29, 1.82) is 0 Å². The Balaban J connectivity index is -0.000000159. The molecule has 0 fully saturated rings. The van der Waals surface area contributed by atoms with Crippen LogP contribution in [0.15, 0.2) is 157 Å². The number of aryl methyl sites for hydroxylation is 6. The van der Waals surface area contributed by atoms with Crippen LogP contribution in [0.2, 0.25) is 0 Å². The molecule has 444 valence electrons. The van der Waals surface area contributed by atoms with Crippen molar-refractivity contribution in [2.45, 2.75) is 197 Å². The highest BCUT2D eigenvalue weighted by Crippen LogP contribution is 2.34. The Morgan fingerprint density at radius 2 is 1.01 bits per heavy atom. The third kappa shape index (κ3) is 48.0. The maximum atomic E-state index is 10.3. The summed E-state index contributed by atoms with van der Waals surface area (Å²) in [7, 11) is 0.500. The Labute approximate surface area is 489 Å². The van der Waals surface area contributed by atoms with Gasteiger partial charge in [0.1, 0.15) is 0 Å². The third-order valence-corrected chi connectivity index (χ3v) is 10.9. The van der Waals surface area contributed by atoms with Crippen molar-refractivity contribution in [3.8, 4) is 0 Å². The van der Waals surface area contributed by atoms with Crippen molar-refractivity contribution >= 4 is 34.3 Å². The number of benzene rings is 5. The highest BCUT2D eigenvalue weighted by Gasteiger charge is 2.12. The molecule has 78 heavy (non-hydrogen) atoms. The Hall–Kier alpha value is -5.13.